The van der Waals surface area contributed by atoms with Crippen LogP contribution in [0.2, 0.25) is 0 Å². The molecule has 7 atom stereocenters. The molecule has 8 heteroatoms. The van der Waals surface area contributed by atoms with Crippen LogP contribution in [0.5, 0.6) is 0 Å². The molecular weight excluding hydrogens is 258 g/mol. The molecule has 0 spiro atoms. The zero-order valence-corrected chi connectivity index (χ0v) is 10.3. The molecule has 0 aromatic rings. The molecule has 2 heterocycles. The molecule has 0 aromatic carbocycles. The third-order valence-electron chi connectivity index (χ3n) is 3.38. The largest absolute Gasteiger partial charge is 0.394 e. The summed E-state index contributed by atoms with van der Waals surface area (Å²) in [6, 6.07) is 1.93. The van der Waals surface area contributed by atoms with E-state index in [1.165, 1.54) is 0 Å². The van der Waals surface area contributed by atoms with Gasteiger partial charge in [0.15, 0.2) is 12.4 Å². The molecule has 2 rings (SSSR count). The van der Waals surface area contributed by atoms with Crippen molar-refractivity contribution in [3.63, 3.8) is 0 Å². The van der Waals surface area contributed by atoms with E-state index in [9.17, 15) is 15.3 Å². The Labute approximate surface area is 109 Å². The van der Waals surface area contributed by atoms with Gasteiger partial charge in [-0.1, -0.05) is 0 Å². The summed E-state index contributed by atoms with van der Waals surface area (Å²) in [5.74, 6) is 0. The van der Waals surface area contributed by atoms with Crippen LogP contribution in [-0.4, -0.2) is 76.1 Å². The van der Waals surface area contributed by atoms with Crippen LogP contribution in [0.1, 0.15) is 6.92 Å². The SMILES string of the molecule is CC1(COC2OC(CO)C(O)C(O)C2O)OC1C#N. The van der Waals surface area contributed by atoms with Gasteiger partial charge in [0.05, 0.1) is 19.3 Å². The molecule has 2 aliphatic heterocycles. The van der Waals surface area contributed by atoms with E-state index >= 15 is 0 Å². The van der Waals surface area contributed by atoms with E-state index in [0.29, 0.717) is 0 Å². The quantitative estimate of drug-likeness (QED) is 0.413. The molecule has 0 amide bonds. The third kappa shape index (κ3) is 2.73. The van der Waals surface area contributed by atoms with Gasteiger partial charge in [0, 0.05) is 0 Å². The number of aliphatic hydroxyl groups excluding tert-OH is 4. The van der Waals surface area contributed by atoms with Crippen molar-refractivity contribution in [1.82, 2.24) is 0 Å². The number of ether oxygens (including phenoxy) is 3. The summed E-state index contributed by atoms with van der Waals surface area (Å²) in [6.07, 6.45) is -7.12. The van der Waals surface area contributed by atoms with Gasteiger partial charge >= 0.3 is 0 Å². The van der Waals surface area contributed by atoms with Gasteiger partial charge in [-0.25, -0.2) is 0 Å². The highest BCUT2D eigenvalue weighted by atomic mass is 16.7. The molecule has 19 heavy (non-hydrogen) atoms. The number of epoxide rings is 1. The minimum Gasteiger partial charge on any atom is -0.394 e. The number of hydrogen-bond donors (Lipinski definition) is 4. The fourth-order valence-corrected chi connectivity index (χ4v) is 1.96. The van der Waals surface area contributed by atoms with Crippen molar-refractivity contribution in [1.29, 1.82) is 5.26 Å². The maximum Gasteiger partial charge on any atom is 0.186 e. The van der Waals surface area contributed by atoms with Crippen molar-refractivity contribution in [2.75, 3.05) is 13.2 Å². The summed E-state index contributed by atoms with van der Waals surface area (Å²) in [6.45, 7) is 1.15. The Balaban J connectivity index is 1.91. The van der Waals surface area contributed by atoms with Crippen LogP contribution in [0.3, 0.4) is 0 Å². The van der Waals surface area contributed by atoms with Gasteiger partial charge in [0.25, 0.3) is 0 Å². The van der Waals surface area contributed by atoms with Crippen LogP contribution in [0, 0.1) is 11.3 Å². The number of hydrogen-bond acceptors (Lipinski definition) is 8. The van der Waals surface area contributed by atoms with Gasteiger partial charge in [0.2, 0.25) is 0 Å². The maximum atomic E-state index is 9.71. The smallest absolute Gasteiger partial charge is 0.186 e. The van der Waals surface area contributed by atoms with Crippen molar-refractivity contribution >= 4 is 0 Å². The van der Waals surface area contributed by atoms with E-state index < -0.39 is 49.0 Å². The molecule has 0 aromatic heterocycles. The van der Waals surface area contributed by atoms with E-state index in [1.807, 2.05) is 6.07 Å². The predicted octanol–water partition coefficient (Wildman–Crippen LogP) is -2.52. The average Bonchev–Trinajstić information content (AvgIpc) is 3.07. The van der Waals surface area contributed by atoms with Crippen LogP contribution >= 0.6 is 0 Å². The van der Waals surface area contributed by atoms with Crippen LogP contribution in [0.25, 0.3) is 0 Å². The van der Waals surface area contributed by atoms with E-state index in [2.05, 4.69) is 0 Å². The molecule has 108 valence electrons. The highest BCUT2D eigenvalue weighted by Gasteiger charge is 2.54. The number of aliphatic hydroxyl groups is 4. The lowest BCUT2D eigenvalue weighted by atomic mass is 9.99. The van der Waals surface area contributed by atoms with Crippen molar-refractivity contribution in [3.8, 4) is 6.07 Å². The summed E-state index contributed by atoms with van der Waals surface area (Å²) in [7, 11) is 0. The second-order valence-electron chi connectivity index (χ2n) is 4.95. The van der Waals surface area contributed by atoms with E-state index in [1.54, 1.807) is 6.92 Å². The second kappa shape index (κ2) is 5.30. The third-order valence-corrected chi connectivity index (χ3v) is 3.38. The zero-order chi connectivity index (χ0) is 14.2. The van der Waals surface area contributed by atoms with Crippen LogP contribution in [0.4, 0.5) is 0 Å². The molecule has 7 unspecified atom stereocenters. The predicted molar refractivity (Wildman–Crippen MR) is 58.6 cm³/mol. The molecule has 0 aliphatic carbocycles. The Bertz CT molecular complexity index is 371. The Kier molecular flexibility index (Phi) is 4.08. The maximum absolute atomic E-state index is 9.71. The van der Waals surface area contributed by atoms with E-state index in [4.69, 9.17) is 24.6 Å². The molecule has 8 nitrogen and oxygen atoms in total. The lowest BCUT2D eigenvalue weighted by molar-refractivity contribution is -0.303. The summed E-state index contributed by atoms with van der Waals surface area (Å²) in [5.41, 5.74) is -0.756. The minimum absolute atomic E-state index is 0.00603. The fourth-order valence-electron chi connectivity index (χ4n) is 1.96. The number of nitriles is 1. The van der Waals surface area contributed by atoms with Gasteiger partial charge < -0.3 is 34.6 Å². The topological polar surface area (TPSA) is 136 Å². The monoisotopic (exact) mass is 275 g/mol. The van der Waals surface area contributed by atoms with E-state index in [0.717, 1.165) is 0 Å². The first kappa shape index (κ1) is 14.6. The lowest BCUT2D eigenvalue weighted by Gasteiger charge is -2.39. The summed E-state index contributed by atoms with van der Waals surface area (Å²) < 4.78 is 15.5. The Hall–Kier alpha value is -0.790. The first-order chi connectivity index (χ1) is 8.92. The second-order valence-corrected chi connectivity index (χ2v) is 4.95. The Morgan fingerprint density at radius 3 is 2.47 bits per heavy atom. The molecule has 2 saturated heterocycles. The molecule has 0 radical (unpaired) electrons. The highest BCUT2D eigenvalue weighted by molar-refractivity contribution is 5.11. The summed E-state index contributed by atoms with van der Waals surface area (Å²) in [5, 5.41) is 46.5. The molecule has 0 saturated carbocycles. The summed E-state index contributed by atoms with van der Waals surface area (Å²) >= 11 is 0. The number of nitrogens with zero attached hydrogens (tertiary/aromatic N) is 1. The molecule has 0 bridgehead atoms. The average molecular weight is 275 g/mol. The van der Waals surface area contributed by atoms with Gasteiger partial charge in [-0.15, -0.1) is 0 Å². The van der Waals surface area contributed by atoms with Crippen molar-refractivity contribution in [2.45, 2.75) is 49.3 Å². The fraction of sp³-hybridized carbons (Fsp3) is 0.909. The van der Waals surface area contributed by atoms with Crippen LogP contribution < -0.4 is 0 Å². The normalized spacial score (nSPS) is 49.7. The standard InChI is InChI=1S/C11H17NO7/c1-11(6(2-12)19-11)4-17-10-9(16)8(15)7(14)5(3-13)18-10/h5-10,13-16H,3-4H2,1H3. The van der Waals surface area contributed by atoms with Crippen molar-refractivity contribution in [2.24, 2.45) is 0 Å². The molecule has 2 fully saturated rings. The van der Waals surface area contributed by atoms with Gasteiger partial charge in [-0.3, -0.25) is 0 Å². The van der Waals surface area contributed by atoms with Gasteiger partial charge in [0.1, 0.15) is 30.0 Å². The summed E-state index contributed by atoms with van der Waals surface area (Å²) in [4.78, 5) is 0. The Morgan fingerprint density at radius 1 is 1.26 bits per heavy atom. The molecule has 2 aliphatic rings. The van der Waals surface area contributed by atoms with Gasteiger partial charge in [-0.2, -0.15) is 5.26 Å². The first-order valence-corrected chi connectivity index (χ1v) is 5.92. The van der Waals surface area contributed by atoms with Gasteiger partial charge in [-0.05, 0) is 6.92 Å². The minimum atomic E-state index is -1.48. The van der Waals surface area contributed by atoms with Crippen molar-refractivity contribution < 1.29 is 34.6 Å². The molecule has 4 N–H and O–H groups in total. The molecular formula is C11H17NO7. The Morgan fingerprint density at radius 2 is 1.95 bits per heavy atom. The van der Waals surface area contributed by atoms with Crippen LogP contribution in [-0.2, 0) is 14.2 Å². The lowest BCUT2D eigenvalue weighted by Crippen LogP contribution is -2.59. The first-order valence-electron chi connectivity index (χ1n) is 5.92. The van der Waals surface area contributed by atoms with E-state index in [-0.39, 0.29) is 6.61 Å². The van der Waals surface area contributed by atoms with Crippen LogP contribution in [0.15, 0.2) is 0 Å². The zero-order valence-electron chi connectivity index (χ0n) is 10.3. The highest BCUT2D eigenvalue weighted by Crippen LogP contribution is 2.36. The number of rotatable bonds is 4. The van der Waals surface area contributed by atoms with Crippen molar-refractivity contribution in [3.05, 3.63) is 0 Å².